The molecule has 1 aromatic heterocycles. The zero-order valence-electron chi connectivity index (χ0n) is 14.5. The SMILES string of the molecule is O=S1(=O)CC2(CCN(C3CCC(c4cncc(C(F)(F)F)c4)CC3)C2)C1. The molecule has 0 unspecified atom stereocenters. The lowest BCUT2D eigenvalue weighted by Crippen LogP contribution is -2.51. The molecule has 144 valence electrons. The summed E-state index contributed by atoms with van der Waals surface area (Å²) in [4.78, 5) is 6.20. The molecule has 3 heterocycles. The molecule has 1 aliphatic carbocycles. The Labute approximate surface area is 151 Å². The minimum Gasteiger partial charge on any atom is -0.300 e. The van der Waals surface area contributed by atoms with Crippen LogP contribution in [-0.2, 0) is 16.0 Å². The van der Waals surface area contributed by atoms with Gasteiger partial charge >= 0.3 is 6.18 Å². The lowest BCUT2D eigenvalue weighted by Gasteiger charge is -2.40. The summed E-state index contributed by atoms with van der Waals surface area (Å²) in [6.07, 6.45) is 2.64. The average Bonchev–Trinajstić information content (AvgIpc) is 2.98. The van der Waals surface area contributed by atoms with Crippen molar-refractivity contribution < 1.29 is 21.6 Å². The summed E-state index contributed by atoms with van der Waals surface area (Å²) in [5.74, 6) is 0.769. The van der Waals surface area contributed by atoms with Crippen LogP contribution >= 0.6 is 0 Å². The van der Waals surface area contributed by atoms with Gasteiger partial charge in [-0.1, -0.05) is 0 Å². The Morgan fingerprint density at radius 1 is 1.12 bits per heavy atom. The first-order chi connectivity index (χ1) is 12.2. The maximum absolute atomic E-state index is 12.9. The Balaban J connectivity index is 1.35. The molecule has 0 radical (unpaired) electrons. The highest BCUT2D eigenvalue weighted by molar-refractivity contribution is 7.92. The van der Waals surface area contributed by atoms with Gasteiger partial charge in [0.2, 0.25) is 0 Å². The molecule has 2 saturated heterocycles. The third-order valence-corrected chi connectivity index (χ3v) is 8.40. The van der Waals surface area contributed by atoms with Crippen molar-refractivity contribution >= 4 is 9.84 Å². The van der Waals surface area contributed by atoms with Crippen molar-refractivity contribution in [1.82, 2.24) is 9.88 Å². The van der Waals surface area contributed by atoms with Crippen LogP contribution in [0.5, 0.6) is 0 Å². The summed E-state index contributed by atoms with van der Waals surface area (Å²) in [5.41, 5.74) is -0.0215. The van der Waals surface area contributed by atoms with Gasteiger partial charge in [-0.15, -0.1) is 0 Å². The van der Waals surface area contributed by atoms with Crippen LogP contribution in [0.15, 0.2) is 18.5 Å². The molecule has 0 aromatic carbocycles. The molecule has 8 heteroatoms. The highest BCUT2D eigenvalue weighted by atomic mass is 32.2. The number of nitrogens with zero attached hydrogens (tertiary/aromatic N) is 2. The van der Waals surface area contributed by atoms with Gasteiger partial charge in [0.15, 0.2) is 9.84 Å². The normalized spacial score (nSPS) is 31.0. The van der Waals surface area contributed by atoms with Gasteiger partial charge in [0.25, 0.3) is 0 Å². The van der Waals surface area contributed by atoms with E-state index in [1.165, 1.54) is 6.07 Å². The quantitative estimate of drug-likeness (QED) is 0.781. The number of alkyl halides is 3. The van der Waals surface area contributed by atoms with Crippen LogP contribution in [0.4, 0.5) is 13.2 Å². The largest absolute Gasteiger partial charge is 0.417 e. The van der Waals surface area contributed by atoms with Crippen molar-refractivity contribution in [3.63, 3.8) is 0 Å². The van der Waals surface area contributed by atoms with Crippen LogP contribution in [0.25, 0.3) is 0 Å². The van der Waals surface area contributed by atoms with Crippen molar-refractivity contribution in [3.8, 4) is 0 Å². The Morgan fingerprint density at radius 2 is 1.81 bits per heavy atom. The number of rotatable bonds is 2. The predicted octanol–water partition coefficient (Wildman–Crippen LogP) is 3.25. The minimum atomic E-state index is -4.35. The summed E-state index contributed by atoms with van der Waals surface area (Å²) in [6, 6.07) is 1.66. The van der Waals surface area contributed by atoms with Gasteiger partial charge < -0.3 is 0 Å². The van der Waals surface area contributed by atoms with E-state index in [4.69, 9.17) is 0 Å². The van der Waals surface area contributed by atoms with Gasteiger partial charge in [0, 0.05) is 30.4 Å². The standard InChI is InChI=1S/C18H23F3N2O2S/c19-18(20,21)15-7-14(8-22-9-15)13-1-3-16(4-2-13)23-6-5-17(10-23)11-26(24,25)12-17/h7-9,13,16H,1-6,10-12H2. The van der Waals surface area contributed by atoms with Gasteiger partial charge in [-0.25, -0.2) is 8.42 Å². The van der Waals surface area contributed by atoms with Crippen LogP contribution in [-0.4, -0.2) is 48.9 Å². The maximum Gasteiger partial charge on any atom is 0.417 e. The number of aromatic nitrogens is 1. The van der Waals surface area contributed by atoms with Crippen molar-refractivity contribution in [2.45, 2.75) is 50.2 Å². The summed E-state index contributed by atoms with van der Waals surface area (Å²) in [7, 11) is -2.81. The molecule has 2 aliphatic heterocycles. The van der Waals surface area contributed by atoms with Crippen molar-refractivity contribution in [2.75, 3.05) is 24.6 Å². The monoisotopic (exact) mass is 388 g/mol. The minimum absolute atomic E-state index is 0.0271. The van der Waals surface area contributed by atoms with Gasteiger partial charge in [-0.3, -0.25) is 9.88 Å². The summed E-state index contributed by atoms with van der Waals surface area (Å²) < 4.78 is 61.7. The smallest absolute Gasteiger partial charge is 0.300 e. The average molecular weight is 388 g/mol. The zero-order valence-corrected chi connectivity index (χ0v) is 15.3. The number of sulfone groups is 1. The fourth-order valence-corrected chi connectivity index (χ4v) is 7.27. The highest BCUT2D eigenvalue weighted by Gasteiger charge is 2.52. The van der Waals surface area contributed by atoms with Crippen LogP contribution in [0.1, 0.15) is 49.1 Å². The first kappa shape index (κ1) is 18.2. The predicted molar refractivity (Wildman–Crippen MR) is 91.5 cm³/mol. The van der Waals surface area contributed by atoms with Crippen LogP contribution in [0, 0.1) is 5.41 Å². The van der Waals surface area contributed by atoms with Crippen LogP contribution < -0.4 is 0 Å². The fourth-order valence-electron chi connectivity index (χ4n) is 5.02. The number of pyridine rings is 1. The number of hydrogen-bond acceptors (Lipinski definition) is 4. The van der Waals surface area contributed by atoms with E-state index in [0.717, 1.165) is 51.4 Å². The van der Waals surface area contributed by atoms with Gasteiger partial charge in [0.05, 0.1) is 17.1 Å². The molecule has 0 atom stereocenters. The first-order valence-electron chi connectivity index (χ1n) is 9.13. The number of hydrogen-bond donors (Lipinski definition) is 0. The van der Waals surface area contributed by atoms with Crippen molar-refractivity contribution in [2.24, 2.45) is 5.41 Å². The van der Waals surface area contributed by atoms with Gasteiger partial charge in [-0.05, 0) is 56.2 Å². The third-order valence-electron chi connectivity index (χ3n) is 6.29. The molecule has 4 rings (SSSR count). The molecule has 3 fully saturated rings. The van der Waals surface area contributed by atoms with E-state index in [0.29, 0.717) is 23.1 Å². The Morgan fingerprint density at radius 3 is 2.42 bits per heavy atom. The van der Waals surface area contributed by atoms with Crippen LogP contribution in [0.3, 0.4) is 0 Å². The van der Waals surface area contributed by atoms with Gasteiger partial charge in [0.1, 0.15) is 0 Å². The van der Waals surface area contributed by atoms with Crippen LogP contribution in [0.2, 0.25) is 0 Å². The summed E-state index contributed by atoms with van der Waals surface area (Å²) in [5, 5.41) is 0. The summed E-state index contributed by atoms with van der Waals surface area (Å²) in [6.45, 7) is 1.79. The Kier molecular flexibility index (Phi) is 4.34. The Bertz CT molecular complexity index is 774. The molecule has 1 aromatic rings. The molecule has 0 amide bonds. The lowest BCUT2D eigenvalue weighted by molar-refractivity contribution is -0.137. The number of likely N-dealkylation sites (tertiary alicyclic amines) is 1. The molecule has 1 spiro atoms. The first-order valence-corrected chi connectivity index (χ1v) is 10.9. The molecule has 26 heavy (non-hydrogen) atoms. The summed E-state index contributed by atoms with van der Waals surface area (Å²) >= 11 is 0. The topological polar surface area (TPSA) is 50.3 Å². The number of halogens is 3. The Hall–Kier alpha value is -1.15. The molecule has 3 aliphatic rings. The van der Waals surface area contributed by atoms with E-state index in [1.54, 1.807) is 6.20 Å². The second-order valence-corrected chi connectivity index (χ2v) is 10.3. The van der Waals surface area contributed by atoms with E-state index in [1.807, 2.05) is 0 Å². The van der Waals surface area contributed by atoms with E-state index in [-0.39, 0.29) is 11.3 Å². The van der Waals surface area contributed by atoms with Crippen molar-refractivity contribution in [3.05, 3.63) is 29.6 Å². The van der Waals surface area contributed by atoms with Crippen molar-refractivity contribution in [1.29, 1.82) is 0 Å². The van der Waals surface area contributed by atoms with E-state index >= 15 is 0 Å². The highest BCUT2D eigenvalue weighted by Crippen LogP contribution is 2.44. The second kappa shape index (κ2) is 6.19. The molecular weight excluding hydrogens is 365 g/mol. The molecule has 0 N–H and O–H groups in total. The fraction of sp³-hybridized carbons (Fsp3) is 0.722. The van der Waals surface area contributed by atoms with E-state index < -0.39 is 21.6 Å². The van der Waals surface area contributed by atoms with E-state index in [9.17, 15) is 21.6 Å². The zero-order chi connectivity index (χ0) is 18.6. The third kappa shape index (κ3) is 3.50. The molecular formula is C18H23F3N2O2S. The van der Waals surface area contributed by atoms with E-state index in [2.05, 4.69) is 9.88 Å². The molecule has 1 saturated carbocycles. The molecule has 4 nitrogen and oxygen atoms in total. The second-order valence-electron chi connectivity index (χ2n) is 8.26. The van der Waals surface area contributed by atoms with Gasteiger partial charge in [-0.2, -0.15) is 13.2 Å². The lowest BCUT2D eigenvalue weighted by atomic mass is 9.81. The maximum atomic E-state index is 12.9. The molecule has 0 bridgehead atoms.